The molecule has 2 N–H and O–H groups in total. The van der Waals surface area contributed by atoms with Crippen LogP contribution in [0.3, 0.4) is 0 Å². The number of unbranched alkanes of at least 4 members (excludes halogenated alkanes) is 1. The summed E-state index contributed by atoms with van der Waals surface area (Å²) in [6.45, 7) is 10.4. The van der Waals surface area contributed by atoms with E-state index in [0.717, 1.165) is 86.1 Å². The van der Waals surface area contributed by atoms with Crippen LogP contribution in [0.2, 0.25) is 0 Å². The molecule has 44 heavy (non-hydrogen) atoms. The Kier molecular flexibility index (Phi) is 9.35. The number of carbonyl (C=O) groups is 1. The highest BCUT2D eigenvalue weighted by atomic mass is 16.5. The van der Waals surface area contributed by atoms with Gasteiger partial charge in [-0.15, -0.1) is 0 Å². The molecule has 4 atom stereocenters. The fraction of sp³-hybridized carbons (Fsp3) is 0.667. The van der Waals surface area contributed by atoms with Gasteiger partial charge in [-0.2, -0.15) is 0 Å². The number of aliphatic carboxylic acids is 1. The molecule has 1 saturated heterocycles. The minimum atomic E-state index is -0.797. The number of likely N-dealkylation sites (N-methyl/N-ethyl adjacent to an activating group) is 1. The lowest BCUT2D eigenvalue weighted by Crippen LogP contribution is -2.43. The summed E-state index contributed by atoms with van der Waals surface area (Å²) in [6, 6.07) is 10.0. The summed E-state index contributed by atoms with van der Waals surface area (Å²) in [6.07, 6.45) is 8.71. The normalized spacial score (nSPS) is 26.2. The number of aromatic nitrogens is 1. The molecule has 1 spiro atoms. The van der Waals surface area contributed by atoms with E-state index in [1.54, 1.807) is 0 Å². The lowest BCUT2D eigenvalue weighted by atomic mass is 9.75. The minimum Gasteiger partial charge on any atom is -0.480 e. The van der Waals surface area contributed by atoms with Gasteiger partial charge in [0.15, 0.2) is 0 Å². The van der Waals surface area contributed by atoms with Gasteiger partial charge in [0.25, 0.3) is 0 Å². The van der Waals surface area contributed by atoms with Gasteiger partial charge in [0.2, 0.25) is 0 Å². The van der Waals surface area contributed by atoms with Crippen LogP contribution in [-0.2, 0) is 37.4 Å². The molecule has 8 heteroatoms. The molecule has 1 aliphatic carbocycles. The standard InChI is InChI=1S/C36H51N3O5/c1-24-23-44-36(15-19-42-20-16-36)29-12-7-11-28(31(24)29)32(34(40)41)39(4)27-21-30(35(2,3)22-27)43-18-6-5-10-26-14-13-25-9-8-17-37-33(25)38-26/h7,11-14,24,27,30,32H,5-6,8-10,15-23H2,1-4H3,(H,37,38)(H,40,41)/t24-,27+,30+,32-/m1/s1. The number of aryl methyl sites for hydroxylation is 2. The number of ether oxygens (including phenoxy) is 3. The third kappa shape index (κ3) is 6.28. The summed E-state index contributed by atoms with van der Waals surface area (Å²) in [7, 11) is 2.00. The maximum atomic E-state index is 13.0. The minimum absolute atomic E-state index is 0.0307. The van der Waals surface area contributed by atoms with Crippen LogP contribution >= 0.6 is 0 Å². The number of hydrogen-bond acceptors (Lipinski definition) is 7. The third-order valence-corrected chi connectivity index (χ3v) is 10.8. The first-order valence-corrected chi connectivity index (χ1v) is 16.8. The predicted molar refractivity (Wildman–Crippen MR) is 171 cm³/mol. The fourth-order valence-electron chi connectivity index (χ4n) is 8.20. The fourth-order valence-corrected chi connectivity index (χ4v) is 8.20. The number of carboxylic acids is 1. The summed E-state index contributed by atoms with van der Waals surface area (Å²) in [4.78, 5) is 20.0. The lowest BCUT2D eigenvalue weighted by molar-refractivity contribution is -0.144. The number of anilines is 1. The Morgan fingerprint density at radius 1 is 1.20 bits per heavy atom. The first-order valence-electron chi connectivity index (χ1n) is 16.8. The third-order valence-electron chi connectivity index (χ3n) is 10.8. The Morgan fingerprint density at radius 3 is 2.82 bits per heavy atom. The number of nitrogens with one attached hydrogen (secondary N) is 1. The Bertz CT molecular complexity index is 1320. The number of fused-ring (bicyclic) bond motifs is 3. The van der Waals surface area contributed by atoms with E-state index in [-0.39, 0.29) is 29.1 Å². The van der Waals surface area contributed by atoms with Crippen LogP contribution in [0.15, 0.2) is 30.3 Å². The van der Waals surface area contributed by atoms with E-state index in [2.05, 4.69) is 49.2 Å². The maximum absolute atomic E-state index is 13.0. The number of pyridine rings is 1. The number of carboxylic acid groups (broad SMARTS) is 1. The molecule has 1 aromatic heterocycles. The zero-order valence-electron chi connectivity index (χ0n) is 27.1. The molecule has 4 heterocycles. The molecule has 3 aliphatic heterocycles. The highest BCUT2D eigenvalue weighted by Crippen LogP contribution is 2.48. The molecule has 2 aromatic rings. The summed E-state index contributed by atoms with van der Waals surface area (Å²) >= 11 is 0. The van der Waals surface area contributed by atoms with Crippen LogP contribution < -0.4 is 5.32 Å². The van der Waals surface area contributed by atoms with Crippen LogP contribution in [0.25, 0.3) is 0 Å². The molecule has 0 amide bonds. The van der Waals surface area contributed by atoms with Gasteiger partial charge in [-0.25, -0.2) is 4.98 Å². The van der Waals surface area contributed by atoms with Crippen molar-refractivity contribution >= 4 is 11.8 Å². The van der Waals surface area contributed by atoms with E-state index in [1.165, 1.54) is 12.0 Å². The highest BCUT2D eigenvalue weighted by Gasteiger charge is 2.47. The van der Waals surface area contributed by atoms with E-state index in [1.807, 2.05) is 19.2 Å². The largest absolute Gasteiger partial charge is 0.480 e. The molecule has 0 radical (unpaired) electrons. The molecule has 8 nitrogen and oxygen atoms in total. The van der Waals surface area contributed by atoms with Crippen molar-refractivity contribution in [2.75, 3.05) is 45.3 Å². The Hall–Kier alpha value is -2.52. The van der Waals surface area contributed by atoms with Crippen molar-refractivity contribution in [3.05, 3.63) is 58.3 Å². The summed E-state index contributed by atoms with van der Waals surface area (Å²) < 4.78 is 18.7. The molecule has 1 aromatic carbocycles. The van der Waals surface area contributed by atoms with Crippen molar-refractivity contribution in [2.24, 2.45) is 5.41 Å². The van der Waals surface area contributed by atoms with Gasteiger partial charge >= 0.3 is 5.97 Å². The number of nitrogens with zero attached hydrogens (tertiary/aromatic N) is 2. The molecule has 0 unspecified atom stereocenters. The van der Waals surface area contributed by atoms with Crippen LogP contribution in [-0.4, -0.2) is 73.1 Å². The van der Waals surface area contributed by atoms with Gasteiger partial charge in [-0.1, -0.05) is 45.0 Å². The first kappa shape index (κ1) is 31.5. The van der Waals surface area contributed by atoms with Gasteiger partial charge in [0, 0.05) is 56.9 Å². The van der Waals surface area contributed by atoms with E-state index in [4.69, 9.17) is 19.2 Å². The Balaban J connectivity index is 1.10. The van der Waals surface area contributed by atoms with E-state index in [9.17, 15) is 9.90 Å². The highest BCUT2D eigenvalue weighted by molar-refractivity contribution is 5.76. The monoisotopic (exact) mass is 605 g/mol. The topological polar surface area (TPSA) is 93.2 Å². The van der Waals surface area contributed by atoms with E-state index >= 15 is 0 Å². The van der Waals surface area contributed by atoms with Crippen molar-refractivity contribution in [2.45, 2.75) is 108 Å². The quantitative estimate of drug-likeness (QED) is 0.308. The summed E-state index contributed by atoms with van der Waals surface area (Å²) in [5.41, 5.74) is 5.30. The van der Waals surface area contributed by atoms with Gasteiger partial charge < -0.3 is 24.6 Å². The van der Waals surface area contributed by atoms with Crippen molar-refractivity contribution in [3.8, 4) is 0 Å². The molecule has 0 bridgehead atoms. The number of rotatable bonds is 10. The zero-order valence-corrected chi connectivity index (χ0v) is 27.1. The second-order valence-electron chi connectivity index (χ2n) is 14.3. The molecule has 6 rings (SSSR count). The lowest BCUT2D eigenvalue weighted by Gasteiger charge is -2.45. The Morgan fingerprint density at radius 2 is 2.02 bits per heavy atom. The van der Waals surface area contributed by atoms with Crippen molar-refractivity contribution in [1.29, 1.82) is 0 Å². The molecule has 4 aliphatic rings. The maximum Gasteiger partial charge on any atom is 0.325 e. The van der Waals surface area contributed by atoms with Crippen LogP contribution in [0.4, 0.5) is 5.82 Å². The van der Waals surface area contributed by atoms with Gasteiger partial charge in [-0.05, 0) is 85.7 Å². The number of benzene rings is 1. The smallest absolute Gasteiger partial charge is 0.325 e. The molecule has 240 valence electrons. The van der Waals surface area contributed by atoms with Crippen molar-refractivity contribution in [1.82, 2.24) is 9.88 Å². The van der Waals surface area contributed by atoms with E-state index in [0.29, 0.717) is 26.4 Å². The van der Waals surface area contributed by atoms with Gasteiger partial charge in [-0.3, -0.25) is 9.69 Å². The van der Waals surface area contributed by atoms with Crippen molar-refractivity contribution < 1.29 is 24.1 Å². The van der Waals surface area contributed by atoms with Gasteiger partial charge in [0.05, 0.1) is 18.3 Å². The summed E-state index contributed by atoms with van der Waals surface area (Å²) in [5, 5.41) is 14.1. The van der Waals surface area contributed by atoms with E-state index < -0.39 is 12.0 Å². The molecular weight excluding hydrogens is 554 g/mol. The average Bonchev–Trinajstić information content (AvgIpc) is 3.33. The Labute approximate surface area is 262 Å². The predicted octanol–water partition coefficient (Wildman–Crippen LogP) is 6.23. The van der Waals surface area contributed by atoms with Crippen LogP contribution in [0.1, 0.15) is 106 Å². The first-order chi connectivity index (χ1) is 21.2. The SMILES string of the molecule is C[C@@H]1COC2(CCOCC2)c2cccc([C@H](C(=O)O)N(C)[C@H]3C[C@H](OCCCCc4ccc5c(n4)NCCC5)C(C)(C)C3)c21. The summed E-state index contributed by atoms with van der Waals surface area (Å²) in [5.74, 6) is 0.400. The van der Waals surface area contributed by atoms with Crippen LogP contribution in [0, 0.1) is 5.41 Å². The molecule has 1 saturated carbocycles. The second kappa shape index (κ2) is 13.1. The van der Waals surface area contributed by atoms with Crippen LogP contribution in [0.5, 0.6) is 0 Å². The molecule has 2 fully saturated rings. The van der Waals surface area contributed by atoms with Crippen molar-refractivity contribution in [3.63, 3.8) is 0 Å². The number of hydrogen-bond donors (Lipinski definition) is 2. The molecular formula is C36H51N3O5. The zero-order chi connectivity index (χ0) is 30.9. The average molecular weight is 606 g/mol. The van der Waals surface area contributed by atoms with Gasteiger partial charge in [0.1, 0.15) is 11.9 Å². The second-order valence-corrected chi connectivity index (χ2v) is 14.3.